The van der Waals surface area contributed by atoms with Crippen molar-refractivity contribution in [2.24, 2.45) is 5.73 Å². The minimum atomic E-state index is -0.481. The largest absolute Gasteiger partial charge is 0.366 e. The van der Waals surface area contributed by atoms with Crippen molar-refractivity contribution in [1.82, 2.24) is 12.3 Å². The zero-order valence-corrected chi connectivity index (χ0v) is 4.18. The van der Waals surface area contributed by atoms with Crippen molar-refractivity contribution in [2.75, 3.05) is 0 Å². The van der Waals surface area contributed by atoms with Crippen molar-refractivity contribution in [3.63, 3.8) is 0 Å². The van der Waals surface area contributed by atoms with Gasteiger partial charge in [0.05, 0.1) is 0 Å². The highest BCUT2D eigenvalue weighted by Crippen LogP contribution is 1.48. The van der Waals surface area contributed by atoms with E-state index in [0.29, 0.717) is 0 Å². The fraction of sp³-hybridized carbons (Fsp3) is 0. The summed E-state index contributed by atoms with van der Waals surface area (Å²) in [5, 5.41) is 0. The summed E-state index contributed by atoms with van der Waals surface area (Å²) in [7, 11) is 0. The van der Waals surface area contributed by atoms with Crippen LogP contribution in [0.1, 0.15) is 0 Å². The molecule has 0 bridgehead atoms. The molecule has 8 N–H and O–H groups in total. The lowest BCUT2D eigenvalue weighted by molar-refractivity contribution is -0.113. The summed E-state index contributed by atoms with van der Waals surface area (Å²) in [6.45, 7) is 3.09. The van der Waals surface area contributed by atoms with Gasteiger partial charge in [-0.05, 0) is 6.08 Å². The van der Waals surface area contributed by atoms with E-state index in [-0.39, 0.29) is 12.3 Å². The maximum absolute atomic E-state index is 9.47. The Morgan fingerprint density at radius 2 is 1.71 bits per heavy atom. The summed E-state index contributed by atoms with van der Waals surface area (Å²) in [4.78, 5) is 9.47. The van der Waals surface area contributed by atoms with Crippen molar-refractivity contribution in [3.05, 3.63) is 12.7 Å². The Labute approximate surface area is 42.6 Å². The number of carbonyl (C=O) groups is 1. The monoisotopic (exact) mass is 105 g/mol. The highest BCUT2D eigenvalue weighted by molar-refractivity contribution is 5.84. The molecule has 0 aromatic rings. The first kappa shape index (κ1) is 16.5. The molecule has 0 heterocycles. The number of nitrogens with two attached hydrogens (primary N) is 1. The molecular formula is C3H11N3O. The third-order valence-electron chi connectivity index (χ3n) is 0.201. The van der Waals surface area contributed by atoms with Gasteiger partial charge in [-0.3, -0.25) is 4.79 Å². The second-order valence-corrected chi connectivity index (χ2v) is 0.606. The summed E-state index contributed by atoms with van der Waals surface area (Å²) in [5.41, 5.74) is 4.53. The van der Waals surface area contributed by atoms with Crippen molar-refractivity contribution >= 4 is 5.91 Å². The van der Waals surface area contributed by atoms with E-state index in [9.17, 15) is 4.79 Å². The molecule has 0 spiro atoms. The van der Waals surface area contributed by atoms with E-state index in [0.717, 1.165) is 6.08 Å². The first-order valence-electron chi connectivity index (χ1n) is 1.19. The molecule has 0 atom stereocenters. The molecule has 0 aliphatic heterocycles. The van der Waals surface area contributed by atoms with Gasteiger partial charge >= 0.3 is 0 Å². The molecule has 0 fully saturated rings. The van der Waals surface area contributed by atoms with Crippen molar-refractivity contribution < 1.29 is 4.79 Å². The van der Waals surface area contributed by atoms with Gasteiger partial charge in [-0.2, -0.15) is 0 Å². The van der Waals surface area contributed by atoms with E-state index in [1.54, 1.807) is 0 Å². The molecule has 44 valence electrons. The zero-order valence-electron chi connectivity index (χ0n) is 4.18. The Morgan fingerprint density at radius 1 is 1.57 bits per heavy atom. The molecule has 0 unspecified atom stereocenters. The third kappa shape index (κ3) is 39.4. The van der Waals surface area contributed by atoms with Crippen molar-refractivity contribution in [2.45, 2.75) is 0 Å². The Balaban J connectivity index is -0.0000000800. The van der Waals surface area contributed by atoms with E-state index >= 15 is 0 Å². The first-order valence-corrected chi connectivity index (χ1v) is 1.19. The molecule has 0 aliphatic rings. The number of hydrogen-bond donors (Lipinski definition) is 3. The predicted octanol–water partition coefficient (Wildman–Crippen LogP) is -0.0183. The molecular weight excluding hydrogens is 94.1 g/mol. The molecule has 0 aromatic carbocycles. The normalized spacial score (nSPS) is 4.57. The van der Waals surface area contributed by atoms with Crippen molar-refractivity contribution in [1.29, 1.82) is 0 Å². The van der Waals surface area contributed by atoms with Crippen LogP contribution in [0.2, 0.25) is 0 Å². The fourth-order valence-corrected chi connectivity index (χ4v) is 0. The van der Waals surface area contributed by atoms with Gasteiger partial charge < -0.3 is 18.0 Å². The second kappa shape index (κ2) is 8.93. The fourth-order valence-electron chi connectivity index (χ4n) is 0. The van der Waals surface area contributed by atoms with Crippen LogP contribution < -0.4 is 18.0 Å². The average Bonchev–Trinajstić information content (AvgIpc) is 1.38. The molecule has 4 heteroatoms. The van der Waals surface area contributed by atoms with Crippen LogP contribution >= 0.6 is 0 Å². The van der Waals surface area contributed by atoms with E-state index in [1.165, 1.54) is 0 Å². The molecule has 0 saturated heterocycles. The third-order valence-corrected chi connectivity index (χ3v) is 0.201. The molecule has 0 radical (unpaired) electrons. The van der Waals surface area contributed by atoms with E-state index in [1.807, 2.05) is 0 Å². The van der Waals surface area contributed by atoms with Crippen LogP contribution in [-0.2, 0) is 4.79 Å². The van der Waals surface area contributed by atoms with E-state index in [4.69, 9.17) is 0 Å². The Morgan fingerprint density at radius 3 is 1.71 bits per heavy atom. The average molecular weight is 105 g/mol. The zero-order chi connectivity index (χ0) is 4.28. The van der Waals surface area contributed by atoms with Gasteiger partial charge in [0.15, 0.2) is 0 Å². The summed E-state index contributed by atoms with van der Waals surface area (Å²) in [6.07, 6.45) is 1.06. The SMILES string of the molecule is C=CC(N)=O.N.N. The number of rotatable bonds is 1. The first-order chi connectivity index (χ1) is 2.27. The quantitative estimate of drug-likeness (QED) is 0.407. The van der Waals surface area contributed by atoms with E-state index in [2.05, 4.69) is 12.3 Å². The maximum Gasteiger partial charge on any atom is 0.240 e. The van der Waals surface area contributed by atoms with E-state index < -0.39 is 5.91 Å². The topological polar surface area (TPSA) is 113 Å². The van der Waals surface area contributed by atoms with Gasteiger partial charge in [-0.25, -0.2) is 0 Å². The van der Waals surface area contributed by atoms with Crippen LogP contribution in [0.5, 0.6) is 0 Å². The highest BCUT2D eigenvalue weighted by Gasteiger charge is 1.69. The van der Waals surface area contributed by atoms with Crippen LogP contribution in [0.15, 0.2) is 12.7 Å². The Kier molecular flexibility index (Phi) is 21.0. The van der Waals surface area contributed by atoms with Gasteiger partial charge in [0, 0.05) is 0 Å². The van der Waals surface area contributed by atoms with Gasteiger partial charge in [0.25, 0.3) is 0 Å². The summed E-state index contributed by atoms with van der Waals surface area (Å²) < 4.78 is 0. The number of carbonyl (C=O) groups excluding carboxylic acids is 1. The predicted molar refractivity (Wildman–Crippen MR) is 29.4 cm³/mol. The maximum atomic E-state index is 9.47. The molecule has 4 nitrogen and oxygen atoms in total. The summed E-state index contributed by atoms with van der Waals surface area (Å²) in [5.74, 6) is -0.481. The van der Waals surface area contributed by atoms with Crippen molar-refractivity contribution in [3.8, 4) is 0 Å². The molecule has 0 rings (SSSR count). The number of amides is 1. The molecule has 0 aromatic heterocycles. The number of primary amides is 1. The van der Waals surface area contributed by atoms with Gasteiger partial charge in [0.2, 0.25) is 5.91 Å². The van der Waals surface area contributed by atoms with Crippen LogP contribution in [0.25, 0.3) is 0 Å². The second-order valence-electron chi connectivity index (χ2n) is 0.606. The minimum Gasteiger partial charge on any atom is -0.366 e. The lowest BCUT2D eigenvalue weighted by Crippen LogP contribution is -2.04. The van der Waals surface area contributed by atoms with Crippen LogP contribution in [0, 0.1) is 0 Å². The lowest BCUT2D eigenvalue weighted by Gasteiger charge is -1.65. The molecule has 0 saturated carbocycles. The highest BCUT2D eigenvalue weighted by atomic mass is 16.1. The van der Waals surface area contributed by atoms with Gasteiger partial charge in [-0.15, -0.1) is 0 Å². The Bertz CT molecular complexity index is 61.2. The molecule has 1 amide bonds. The van der Waals surface area contributed by atoms with Gasteiger partial charge in [0.1, 0.15) is 0 Å². The molecule has 0 aliphatic carbocycles. The van der Waals surface area contributed by atoms with Crippen LogP contribution in [0.4, 0.5) is 0 Å². The van der Waals surface area contributed by atoms with Crippen LogP contribution in [0.3, 0.4) is 0 Å². The lowest BCUT2D eigenvalue weighted by atomic mass is 10.6. The van der Waals surface area contributed by atoms with Gasteiger partial charge in [-0.1, -0.05) is 6.58 Å². The molecule has 7 heavy (non-hydrogen) atoms. The summed E-state index contributed by atoms with van der Waals surface area (Å²) >= 11 is 0. The Hall–Kier alpha value is -0.870. The number of hydrogen-bond acceptors (Lipinski definition) is 3. The standard InChI is InChI=1S/C3H5NO.2H3N/c1-2-3(4)5;;/h2H,1H2,(H2,4,5);2*1H3. The smallest absolute Gasteiger partial charge is 0.240 e. The van der Waals surface area contributed by atoms with Crippen LogP contribution in [-0.4, -0.2) is 5.91 Å². The summed E-state index contributed by atoms with van der Waals surface area (Å²) in [6, 6.07) is 0. The minimum absolute atomic E-state index is 0.